The summed E-state index contributed by atoms with van der Waals surface area (Å²) in [6.45, 7) is 2.58. The van der Waals surface area contributed by atoms with Crippen LogP contribution >= 0.6 is 11.6 Å². The SMILES string of the molecule is Cc1nc(Cl)cc(NCCc2nccn2C)n1. The van der Waals surface area contributed by atoms with Gasteiger partial charge in [-0.3, -0.25) is 0 Å². The van der Waals surface area contributed by atoms with Crippen LogP contribution in [0.15, 0.2) is 18.5 Å². The Kier molecular flexibility index (Phi) is 3.58. The molecule has 90 valence electrons. The number of aryl methyl sites for hydroxylation is 2. The van der Waals surface area contributed by atoms with Crippen molar-refractivity contribution >= 4 is 17.4 Å². The monoisotopic (exact) mass is 251 g/mol. The first-order valence-corrected chi connectivity index (χ1v) is 5.74. The highest BCUT2D eigenvalue weighted by atomic mass is 35.5. The Morgan fingerprint density at radius 1 is 1.41 bits per heavy atom. The van der Waals surface area contributed by atoms with Crippen LogP contribution < -0.4 is 5.32 Å². The van der Waals surface area contributed by atoms with Crippen LogP contribution in [0.5, 0.6) is 0 Å². The molecule has 2 aromatic rings. The van der Waals surface area contributed by atoms with Crippen LogP contribution in [-0.4, -0.2) is 26.1 Å². The van der Waals surface area contributed by atoms with Gasteiger partial charge in [0.05, 0.1) is 0 Å². The first-order valence-electron chi connectivity index (χ1n) is 5.36. The molecule has 0 atom stereocenters. The lowest BCUT2D eigenvalue weighted by atomic mass is 10.4. The Bertz CT molecular complexity index is 488. The maximum atomic E-state index is 5.85. The van der Waals surface area contributed by atoms with E-state index >= 15 is 0 Å². The largest absolute Gasteiger partial charge is 0.369 e. The van der Waals surface area contributed by atoms with Crippen molar-refractivity contribution in [1.29, 1.82) is 0 Å². The van der Waals surface area contributed by atoms with Gasteiger partial charge >= 0.3 is 0 Å². The van der Waals surface area contributed by atoms with Gasteiger partial charge in [0.25, 0.3) is 0 Å². The molecule has 2 aromatic heterocycles. The van der Waals surface area contributed by atoms with Gasteiger partial charge in [-0.15, -0.1) is 0 Å². The molecule has 0 saturated heterocycles. The summed E-state index contributed by atoms with van der Waals surface area (Å²) in [6, 6.07) is 1.72. The maximum absolute atomic E-state index is 5.85. The highest BCUT2D eigenvalue weighted by Gasteiger charge is 2.01. The molecule has 0 aliphatic carbocycles. The molecule has 0 aromatic carbocycles. The lowest BCUT2D eigenvalue weighted by molar-refractivity contribution is 0.788. The van der Waals surface area contributed by atoms with Crippen LogP contribution in [0.25, 0.3) is 0 Å². The maximum Gasteiger partial charge on any atom is 0.134 e. The van der Waals surface area contributed by atoms with E-state index in [0.717, 1.165) is 24.6 Å². The van der Waals surface area contributed by atoms with E-state index in [1.807, 2.05) is 24.7 Å². The highest BCUT2D eigenvalue weighted by molar-refractivity contribution is 6.29. The normalized spacial score (nSPS) is 10.5. The number of hydrogen-bond acceptors (Lipinski definition) is 4. The van der Waals surface area contributed by atoms with Gasteiger partial charge in [0.2, 0.25) is 0 Å². The molecular formula is C11H14ClN5. The van der Waals surface area contributed by atoms with E-state index in [1.165, 1.54) is 0 Å². The van der Waals surface area contributed by atoms with Gasteiger partial charge in [-0.25, -0.2) is 15.0 Å². The van der Waals surface area contributed by atoms with Gasteiger partial charge in [0.15, 0.2) is 0 Å². The fraction of sp³-hybridized carbons (Fsp3) is 0.364. The molecule has 0 saturated carbocycles. The number of hydrogen-bond donors (Lipinski definition) is 1. The van der Waals surface area contributed by atoms with Crippen molar-refractivity contribution in [2.45, 2.75) is 13.3 Å². The molecular weight excluding hydrogens is 238 g/mol. The summed E-state index contributed by atoms with van der Waals surface area (Å²) in [7, 11) is 1.98. The predicted octanol–water partition coefficient (Wildman–Crippen LogP) is 1.83. The summed E-state index contributed by atoms with van der Waals surface area (Å²) in [5.74, 6) is 2.45. The van der Waals surface area contributed by atoms with Gasteiger partial charge in [-0.2, -0.15) is 0 Å². The first kappa shape index (κ1) is 11.9. The van der Waals surface area contributed by atoms with Gasteiger partial charge in [-0.05, 0) is 6.92 Å². The van der Waals surface area contributed by atoms with E-state index in [1.54, 1.807) is 12.3 Å². The van der Waals surface area contributed by atoms with Crippen LogP contribution in [-0.2, 0) is 13.5 Å². The molecule has 17 heavy (non-hydrogen) atoms. The first-order chi connectivity index (χ1) is 8.15. The molecule has 6 heteroatoms. The van der Waals surface area contributed by atoms with Gasteiger partial charge < -0.3 is 9.88 Å². The minimum absolute atomic E-state index is 0.456. The summed E-state index contributed by atoms with van der Waals surface area (Å²) >= 11 is 5.85. The van der Waals surface area contributed by atoms with E-state index in [9.17, 15) is 0 Å². The lowest BCUT2D eigenvalue weighted by Crippen LogP contribution is -2.10. The zero-order valence-corrected chi connectivity index (χ0v) is 10.6. The van der Waals surface area contributed by atoms with Crippen LogP contribution in [0.3, 0.4) is 0 Å². The molecule has 0 spiro atoms. The van der Waals surface area contributed by atoms with Gasteiger partial charge in [-0.1, -0.05) is 11.6 Å². The second-order valence-electron chi connectivity index (χ2n) is 3.75. The molecule has 5 nitrogen and oxygen atoms in total. The Hall–Kier alpha value is -1.62. The number of halogens is 1. The number of rotatable bonds is 4. The fourth-order valence-corrected chi connectivity index (χ4v) is 1.79. The fourth-order valence-electron chi connectivity index (χ4n) is 1.56. The molecule has 1 N–H and O–H groups in total. The third kappa shape index (κ3) is 3.17. The second kappa shape index (κ2) is 5.14. The lowest BCUT2D eigenvalue weighted by Gasteiger charge is -2.06. The third-order valence-electron chi connectivity index (χ3n) is 2.38. The smallest absolute Gasteiger partial charge is 0.134 e. The van der Waals surface area contributed by atoms with Crippen molar-refractivity contribution in [1.82, 2.24) is 19.5 Å². The quantitative estimate of drug-likeness (QED) is 0.843. The van der Waals surface area contributed by atoms with Gasteiger partial charge in [0.1, 0.15) is 22.6 Å². The number of nitrogens with zero attached hydrogens (tertiary/aromatic N) is 4. The van der Waals surface area contributed by atoms with Crippen molar-refractivity contribution in [3.8, 4) is 0 Å². The third-order valence-corrected chi connectivity index (χ3v) is 2.58. The summed E-state index contributed by atoms with van der Waals surface area (Å²) < 4.78 is 2.00. The minimum atomic E-state index is 0.456. The molecule has 0 bridgehead atoms. The molecule has 0 radical (unpaired) electrons. The topological polar surface area (TPSA) is 55.6 Å². The summed E-state index contributed by atoms with van der Waals surface area (Å²) in [4.78, 5) is 12.5. The van der Waals surface area contributed by atoms with E-state index in [4.69, 9.17) is 11.6 Å². The Balaban J connectivity index is 1.92. The van der Waals surface area contributed by atoms with Crippen LogP contribution in [0.2, 0.25) is 5.15 Å². The molecule has 0 amide bonds. The standard InChI is InChI=1S/C11H14ClN5/c1-8-15-9(12)7-10(16-8)13-4-3-11-14-5-6-17(11)2/h5-7H,3-4H2,1-2H3,(H,13,15,16). The second-order valence-corrected chi connectivity index (χ2v) is 4.14. The van der Waals surface area contributed by atoms with Crippen molar-refractivity contribution in [2.24, 2.45) is 7.05 Å². The van der Waals surface area contributed by atoms with Crippen molar-refractivity contribution in [2.75, 3.05) is 11.9 Å². The Labute approximate surface area is 105 Å². The molecule has 0 fully saturated rings. The van der Waals surface area contributed by atoms with E-state index in [-0.39, 0.29) is 0 Å². The minimum Gasteiger partial charge on any atom is -0.369 e. The number of imidazole rings is 1. The molecule has 0 unspecified atom stereocenters. The Morgan fingerprint density at radius 3 is 2.88 bits per heavy atom. The predicted molar refractivity (Wildman–Crippen MR) is 67.2 cm³/mol. The van der Waals surface area contributed by atoms with Crippen molar-refractivity contribution in [3.05, 3.63) is 35.3 Å². The number of nitrogens with one attached hydrogen (secondary N) is 1. The van der Waals surface area contributed by atoms with E-state index < -0.39 is 0 Å². The zero-order chi connectivity index (χ0) is 12.3. The Morgan fingerprint density at radius 2 is 2.24 bits per heavy atom. The van der Waals surface area contributed by atoms with Crippen molar-refractivity contribution < 1.29 is 0 Å². The number of anilines is 1. The van der Waals surface area contributed by atoms with Gasteiger partial charge in [0, 0.05) is 38.5 Å². The highest BCUT2D eigenvalue weighted by Crippen LogP contribution is 2.10. The molecule has 0 aliphatic rings. The van der Waals surface area contributed by atoms with E-state index in [0.29, 0.717) is 11.0 Å². The molecule has 0 aliphatic heterocycles. The number of aromatic nitrogens is 4. The molecule has 2 rings (SSSR count). The van der Waals surface area contributed by atoms with E-state index in [2.05, 4.69) is 20.3 Å². The summed E-state index contributed by atoms with van der Waals surface area (Å²) in [6.07, 6.45) is 4.56. The van der Waals surface area contributed by atoms with Crippen LogP contribution in [0, 0.1) is 6.92 Å². The van der Waals surface area contributed by atoms with Crippen LogP contribution in [0.1, 0.15) is 11.6 Å². The summed E-state index contributed by atoms with van der Waals surface area (Å²) in [5, 5.41) is 3.66. The molecule has 2 heterocycles. The average Bonchev–Trinajstić information content (AvgIpc) is 2.63. The summed E-state index contributed by atoms with van der Waals surface area (Å²) in [5.41, 5.74) is 0. The zero-order valence-electron chi connectivity index (χ0n) is 9.81. The van der Waals surface area contributed by atoms with Crippen molar-refractivity contribution in [3.63, 3.8) is 0 Å². The van der Waals surface area contributed by atoms with Crippen LogP contribution in [0.4, 0.5) is 5.82 Å². The average molecular weight is 252 g/mol.